The molecule has 1 aliphatic heterocycles. The van der Waals surface area contributed by atoms with E-state index >= 15 is 0 Å². The third-order valence-electron chi connectivity index (χ3n) is 9.44. The summed E-state index contributed by atoms with van der Waals surface area (Å²) in [5.41, 5.74) is 5.46. The van der Waals surface area contributed by atoms with Crippen molar-refractivity contribution in [1.82, 2.24) is 0 Å². The Balaban J connectivity index is 0.00000154. The van der Waals surface area contributed by atoms with Crippen molar-refractivity contribution < 1.29 is 14.6 Å². The summed E-state index contributed by atoms with van der Waals surface area (Å²) in [6.45, 7) is 2.69. The molecule has 6 rings (SSSR count). The van der Waals surface area contributed by atoms with Crippen LogP contribution in [0.5, 0.6) is 0 Å². The Bertz CT molecular complexity index is 1410. The van der Waals surface area contributed by atoms with Crippen LogP contribution in [-0.4, -0.2) is 43.3 Å². The minimum atomic E-state index is -1.11. The summed E-state index contributed by atoms with van der Waals surface area (Å²) in [7, 11) is 4.10. The maximum absolute atomic E-state index is 12.2. The maximum atomic E-state index is 12.2. The second kappa shape index (κ2) is 13.0. The number of rotatable bonds is 2. The van der Waals surface area contributed by atoms with Crippen LogP contribution < -0.4 is 4.90 Å². The topological polar surface area (TPSA) is 49.8 Å². The van der Waals surface area contributed by atoms with E-state index in [9.17, 15) is 9.90 Å². The molecule has 2 aromatic carbocycles. The second-order valence-corrected chi connectivity index (χ2v) is 12.6. The Morgan fingerprint density at radius 2 is 1.71 bits per heavy atom. The lowest BCUT2D eigenvalue weighted by molar-refractivity contribution is -0.115. The van der Waals surface area contributed by atoms with Crippen LogP contribution in [0.1, 0.15) is 56.1 Å². The molecular weight excluding hydrogens is 634 g/mol. The SMILES string of the molecule is CN(C)c1ccc([C@H]2C[C@@]3(C)[C@@H](CC[C@@]3(O)C#Cc3ccc(Br)cc3)[C@@H]3OCC4=CC(=O)CCC4=C32)cc1.S.S.S. The first-order valence-corrected chi connectivity index (χ1v) is 14.3. The van der Waals surface area contributed by atoms with Crippen molar-refractivity contribution >= 4 is 67.9 Å². The minimum Gasteiger partial charge on any atom is -0.378 e. The van der Waals surface area contributed by atoms with Crippen molar-refractivity contribution in [3.8, 4) is 11.8 Å². The Kier molecular flexibility index (Phi) is 10.7. The van der Waals surface area contributed by atoms with E-state index in [2.05, 4.69) is 78.0 Å². The molecule has 8 heteroatoms. The van der Waals surface area contributed by atoms with Crippen LogP contribution >= 0.6 is 56.4 Å². The molecule has 0 bridgehead atoms. The number of hydrogen-bond acceptors (Lipinski definition) is 4. The lowest BCUT2D eigenvalue weighted by atomic mass is 9.55. The van der Waals surface area contributed by atoms with E-state index in [0.29, 0.717) is 19.4 Å². The van der Waals surface area contributed by atoms with E-state index in [1.165, 1.54) is 16.7 Å². The van der Waals surface area contributed by atoms with Gasteiger partial charge in [0, 0.05) is 47.6 Å². The number of allylic oxidation sites excluding steroid dienone is 1. The predicted molar refractivity (Wildman–Crippen MR) is 185 cm³/mol. The van der Waals surface area contributed by atoms with Gasteiger partial charge in [-0.05, 0) is 96.4 Å². The van der Waals surface area contributed by atoms with Crippen molar-refractivity contribution in [2.75, 3.05) is 25.6 Å². The van der Waals surface area contributed by atoms with Gasteiger partial charge in [-0.15, -0.1) is 0 Å². The number of hydrogen-bond donors (Lipinski definition) is 1. The molecule has 220 valence electrons. The smallest absolute Gasteiger partial charge is 0.156 e. The molecule has 0 spiro atoms. The first-order valence-electron chi connectivity index (χ1n) is 13.6. The van der Waals surface area contributed by atoms with Gasteiger partial charge in [-0.3, -0.25) is 4.79 Å². The molecule has 2 aromatic rings. The van der Waals surface area contributed by atoms with Gasteiger partial charge in [0.2, 0.25) is 0 Å². The van der Waals surface area contributed by atoms with Crippen molar-refractivity contribution in [2.45, 2.75) is 56.7 Å². The predicted octanol–water partition coefficient (Wildman–Crippen LogP) is 6.52. The Morgan fingerprint density at radius 1 is 1.02 bits per heavy atom. The highest BCUT2D eigenvalue weighted by atomic mass is 79.9. The van der Waals surface area contributed by atoms with E-state index < -0.39 is 11.0 Å². The van der Waals surface area contributed by atoms with Crippen LogP contribution in [0.25, 0.3) is 0 Å². The molecule has 41 heavy (non-hydrogen) atoms. The van der Waals surface area contributed by atoms with Crippen LogP contribution in [0.3, 0.4) is 0 Å². The Hall–Kier alpha value is -1.60. The van der Waals surface area contributed by atoms with Crippen LogP contribution in [0.4, 0.5) is 5.69 Å². The van der Waals surface area contributed by atoms with E-state index in [1.54, 1.807) is 6.08 Å². The lowest BCUT2D eigenvalue weighted by Gasteiger charge is -2.53. The van der Waals surface area contributed by atoms with Crippen molar-refractivity contribution in [3.05, 3.63) is 86.9 Å². The molecule has 0 amide bonds. The molecule has 0 saturated heterocycles. The van der Waals surface area contributed by atoms with Crippen LogP contribution in [-0.2, 0) is 9.53 Å². The average Bonchev–Trinajstić information content (AvgIpc) is 3.18. The highest BCUT2D eigenvalue weighted by Crippen LogP contribution is 2.64. The molecule has 1 N–H and O–H groups in total. The highest BCUT2D eigenvalue weighted by molar-refractivity contribution is 9.10. The summed E-state index contributed by atoms with van der Waals surface area (Å²) in [6.07, 6.45) is 5.37. The molecule has 2 fully saturated rings. The quantitative estimate of drug-likeness (QED) is 0.369. The fraction of sp³-hybridized carbons (Fsp3) is 0.424. The zero-order chi connectivity index (χ0) is 26.7. The summed E-state index contributed by atoms with van der Waals surface area (Å²) in [5, 5.41) is 12.2. The van der Waals surface area contributed by atoms with Gasteiger partial charge < -0.3 is 14.7 Å². The molecule has 0 aromatic heterocycles. The standard InChI is InChI=1S/C33H34BrNO3.3H2S/c1-32-19-28(22-6-10-25(11-7-22)35(2)3)30-27-13-12-26(36)18-23(27)20-38-31(30)29(32)15-17-33(32,37)16-14-21-4-8-24(34)9-5-21;;;/h4-11,18,28-29,31,37H,12-13,15,17,19-20H2,1-3H3;3*1H2/t28-,29+,31+,32+,33+;;;/m1.../s1. The van der Waals surface area contributed by atoms with Gasteiger partial charge in [0.05, 0.1) is 12.7 Å². The summed E-state index contributed by atoms with van der Waals surface area (Å²) >= 11 is 3.49. The number of carbonyl (C=O) groups is 1. The number of ether oxygens (including phenoxy) is 1. The van der Waals surface area contributed by atoms with Gasteiger partial charge in [0.1, 0.15) is 5.60 Å². The zero-order valence-electron chi connectivity index (χ0n) is 23.8. The van der Waals surface area contributed by atoms with Gasteiger partial charge in [0.15, 0.2) is 5.78 Å². The molecule has 4 nitrogen and oxygen atoms in total. The molecule has 0 unspecified atom stereocenters. The van der Waals surface area contributed by atoms with E-state index in [0.717, 1.165) is 40.6 Å². The normalized spacial score (nSPS) is 29.6. The number of aliphatic hydroxyl groups is 1. The fourth-order valence-electron chi connectivity index (χ4n) is 7.23. The molecule has 0 radical (unpaired) electrons. The molecule has 1 heterocycles. The first-order chi connectivity index (χ1) is 18.2. The largest absolute Gasteiger partial charge is 0.378 e. The molecule has 4 aliphatic rings. The summed E-state index contributed by atoms with van der Waals surface area (Å²) in [4.78, 5) is 14.4. The third kappa shape index (κ3) is 5.96. The van der Waals surface area contributed by atoms with E-state index in [1.807, 2.05) is 24.3 Å². The van der Waals surface area contributed by atoms with Gasteiger partial charge >= 0.3 is 0 Å². The number of carbonyl (C=O) groups excluding carboxylic acids is 1. The van der Waals surface area contributed by atoms with Crippen molar-refractivity contribution in [3.63, 3.8) is 0 Å². The highest BCUT2D eigenvalue weighted by Gasteiger charge is 2.63. The number of ketones is 1. The van der Waals surface area contributed by atoms with Gasteiger partial charge in [-0.2, -0.15) is 40.5 Å². The van der Waals surface area contributed by atoms with E-state index in [4.69, 9.17) is 4.74 Å². The summed E-state index contributed by atoms with van der Waals surface area (Å²) < 4.78 is 7.62. The second-order valence-electron chi connectivity index (χ2n) is 11.7. The van der Waals surface area contributed by atoms with Crippen LogP contribution in [0, 0.1) is 23.2 Å². The molecule has 2 saturated carbocycles. The number of halogens is 1. The van der Waals surface area contributed by atoms with Crippen molar-refractivity contribution in [1.29, 1.82) is 0 Å². The minimum absolute atomic E-state index is 0. The fourth-order valence-corrected chi connectivity index (χ4v) is 7.50. The van der Waals surface area contributed by atoms with Gasteiger partial charge in [0.25, 0.3) is 0 Å². The van der Waals surface area contributed by atoms with E-state index in [-0.39, 0.29) is 64.2 Å². The third-order valence-corrected chi connectivity index (χ3v) is 9.97. The monoisotopic (exact) mass is 673 g/mol. The van der Waals surface area contributed by atoms with Gasteiger partial charge in [-0.25, -0.2) is 0 Å². The Morgan fingerprint density at radius 3 is 2.37 bits per heavy atom. The lowest BCUT2D eigenvalue weighted by Crippen LogP contribution is -2.53. The number of anilines is 1. The number of nitrogens with zero attached hydrogens (tertiary/aromatic N) is 1. The Labute approximate surface area is 273 Å². The van der Waals surface area contributed by atoms with Gasteiger partial charge in [-0.1, -0.05) is 46.8 Å². The van der Waals surface area contributed by atoms with Crippen molar-refractivity contribution in [2.24, 2.45) is 11.3 Å². The molecule has 3 aliphatic carbocycles. The van der Waals surface area contributed by atoms with Crippen LogP contribution in [0.15, 0.2) is 75.8 Å². The number of benzene rings is 2. The summed E-state index contributed by atoms with van der Waals surface area (Å²) in [5.74, 6) is 7.09. The maximum Gasteiger partial charge on any atom is 0.156 e. The summed E-state index contributed by atoms with van der Waals surface area (Å²) in [6, 6.07) is 16.7. The number of fused-ring (bicyclic) bond motifs is 4. The first kappa shape index (κ1) is 33.9. The zero-order valence-corrected chi connectivity index (χ0v) is 28.3. The molecule has 5 atom stereocenters. The molecular formula is C33H40BrNO3S3. The average molecular weight is 675 g/mol. The van der Waals surface area contributed by atoms with Crippen LogP contribution in [0.2, 0.25) is 0 Å².